The minimum absolute atomic E-state index is 0.431. The van der Waals surface area contributed by atoms with Crippen molar-refractivity contribution in [3.8, 4) is 0 Å². The van der Waals surface area contributed by atoms with Gasteiger partial charge in [0.05, 0.1) is 4.90 Å². The molecule has 1 rings (SSSR count). The summed E-state index contributed by atoms with van der Waals surface area (Å²) in [5.41, 5.74) is 0. The Kier molecular flexibility index (Phi) is 5.94. The summed E-state index contributed by atoms with van der Waals surface area (Å²) in [6, 6.07) is 1.68. The molecular formula is C10H18N2O2S3. The maximum Gasteiger partial charge on any atom is 0.243 e. The molecule has 0 amide bonds. The Bertz CT molecular complexity index is 442. The molecular weight excluding hydrogens is 276 g/mol. The zero-order chi connectivity index (χ0) is 12.9. The molecule has 1 N–H and O–H groups in total. The molecule has 0 spiro atoms. The lowest BCUT2D eigenvalue weighted by atomic mass is 10.5. The number of nitrogens with zero attached hydrogens (tertiary/aromatic N) is 1. The molecule has 1 aromatic heterocycles. The van der Waals surface area contributed by atoms with Gasteiger partial charge in [-0.05, 0) is 24.7 Å². The van der Waals surface area contributed by atoms with Gasteiger partial charge in [-0.15, -0.1) is 11.3 Å². The number of rotatable bonds is 7. The van der Waals surface area contributed by atoms with Crippen LogP contribution in [0.4, 0.5) is 0 Å². The van der Waals surface area contributed by atoms with E-state index in [1.165, 1.54) is 15.6 Å². The molecule has 0 bridgehead atoms. The third kappa shape index (κ3) is 3.69. The van der Waals surface area contributed by atoms with E-state index < -0.39 is 10.0 Å². The van der Waals surface area contributed by atoms with E-state index in [1.54, 1.807) is 24.9 Å². The second-order valence-corrected chi connectivity index (χ2v) is 7.56. The van der Waals surface area contributed by atoms with Crippen LogP contribution in [0.5, 0.6) is 0 Å². The van der Waals surface area contributed by atoms with Crippen molar-refractivity contribution in [3.05, 3.63) is 16.3 Å². The monoisotopic (exact) mass is 294 g/mol. The van der Waals surface area contributed by atoms with Crippen LogP contribution in [0.3, 0.4) is 0 Å². The number of hydrogen-bond donors (Lipinski definition) is 1. The quantitative estimate of drug-likeness (QED) is 0.827. The number of thiophene rings is 1. The Morgan fingerprint density at radius 2 is 2.24 bits per heavy atom. The third-order valence-electron chi connectivity index (χ3n) is 2.34. The Hall–Kier alpha value is -0.0800. The largest absolute Gasteiger partial charge is 0.315 e. The van der Waals surface area contributed by atoms with Gasteiger partial charge in [-0.1, -0.05) is 0 Å². The summed E-state index contributed by atoms with van der Waals surface area (Å²) in [5, 5.41) is 4.81. The van der Waals surface area contributed by atoms with Crippen LogP contribution in [0.1, 0.15) is 4.88 Å². The predicted octanol–water partition coefficient (Wildman–Crippen LogP) is 1.45. The Morgan fingerprint density at radius 1 is 1.53 bits per heavy atom. The molecule has 1 aromatic rings. The molecule has 0 radical (unpaired) electrons. The zero-order valence-corrected chi connectivity index (χ0v) is 12.7. The first-order valence-electron chi connectivity index (χ1n) is 5.20. The van der Waals surface area contributed by atoms with Gasteiger partial charge in [0, 0.05) is 30.8 Å². The summed E-state index contributed by atoms with van der Waals surface area (Å²) >= 11 is 3.11. The topological polar surface area (TPSA) is 49.4 Å². The van der Waals surface area contributed by atoms with E-state index in [0.717, 1.165) is 10.6 Å². The fourth-order valence-corrected chi connectivity index (χ4v) is 4.52. The van der Waals surface area contributed by atoms with Crippen LogP contribution >= 0.6 is 23.1 Å². The van der Waals surface area contributed by atoms with Gasteiger partial charge in [0.15, 0.2) is 0 Å². The molecule has 0 aromatic carbocycles. The standard InChI is InChI=1S/C10H18N2O2S3/c1-11-8-9-10(4-6-16-9)17(13,14)12(2)5-7-15-3/h4,6,11H,5,7-8H2,1-3H3. The van der Waals surface area contributed by atoms with E-state index in [9.17, 15) is 8.42 Å². The van der Waals surface area contributed by atoms with E-state index in [4.69, 9.17) is 0 Å². The first-order valence-corrected chi connectivity index (χ1v) is 8.91. The van der Waals surface area contributed by atoms with Gasteiger partial charge in [-0.25, -0.2) is 12.7 Å². The SMILES string of the molecule is CNCc1sccc1S(=O)(=O)N(C)CCSC. The lowest BCUT2D eigenvalue weighted by molar-refractivity contribution is 0.488. The predicted molar refractivity (Wildman–Crippen MR) is 75.3 cm³/mol. The van der Waals surface area contributed by atoms with E-state index in [1.807, 2.05) is 18.7 Å². The van der Waals surface area contributed by atoms with Crippen LogP contribution in [-0.4, -0.2) is 45.4 Å². The van der Waals surface area contributed by atoms with E-state index >= 15 is 0 Å². The van der Waals surface area contributed by atoms with Crippen molar-refractivity contribution in [2.75, 3.05) is 32.6 Å². The molecule has 1 heterocycles. The van der Waals surface area contributed by atoms with Crippen molar-refractivity contribution in [1.29, 1.82) is 0 Å². The first-order chi connectivity index (χ1) is 8.04. The van der Waals surface area contributed by atoms with Gasteiger partial charge in [-0.2, -0.15) is 11.8 Å². The average molecular weight is 294 g/mol. The van der Waals surface area contributed by atoms with Gasteiger partial charge in [0.2, 0.25) is 10.0 Å². The number of nitrogens with one attached hydrogen (secondary N) is 1. The van der Waals surface area contributed by atoms with Crippen LogP contribution in [0, 0.1) is 0 Å². The highest BCUT2D eigenvalue weighted by atomic mass is 32.2. The molecule has 0 aliphatic heterocycles. The summed E-state index contributed by atoms with van der Waals surface area (Å²) < 4.78 is 26.0. The Balaban J connectivity index is 2.92. The lowest BCUT2D eigenvalue weighted by Gasteiger charge is -2.16. The van der Waals surface area contributed by atoms with Crippen LogP contribution in [0.15, 0.2) is 16.3 Å². The molecule has 4 nitrogen and oxygen atoms in total. The number of thioether (sulfide) groups is 1. The Morgan fingerprint density at radius 3 is 2.82 bits per heavy atom. The van der Waals surface area contributed by atoms with Crippen LogP contribution in [0.25, 0.3) is 0 Å². The maximum atomic E-state index is 12.3. The smallest absolute Gasteiger partial charge is 0.243 e. The Labute approximate surface area is 111 Å². The van der Waals surface area contributed by atoms with Crippen molar-refractivity contribution < 1.29 is 8.42 Å². The highest BCUT2D eigenvalue weighted by Crippen LogP contribution is 2.24. The minimum Gasteiger partial charge on any atom is -0.315 e. The molecule has 0 aliphatic rings. The third-order valence-corrected chi connectivity index (χ3v) is 5.92. The summed E-state index contributed by atoms with van der Waals surface area (Å²) in [7, 11) is 0.114. The first kappa shape index (κ1) is 15.0. The number of sulfonamides is 1. The normalized spacial score (nSPS) is 12.2. The van der Waals surface area contributed by atoms with Crippen LogP contribution in [0.2, 0.25) is 0 Å². The molecule has 0 aliphatic carbocycles. The van der Waals surface area contributed by atoms with E-state index in [0.29, 0.717) is 18.0 Å². The second kappa shape index (κ2) is 6.75. The van der Waals surface area contributed by atoms with Crippen LogP contribution in [-0.2, 0) is 16.6 Å². The fraction of sp³-hybridized carbons (Fsp3) is 0.600. The van der Waals surface area contributed by atoms with Gasteiger partial charge in [0.1, 0.15) is 0 Å². The maximum absolute atomic E-state index is 12.3. The zero-order valence-electron chi connectivity index (χ0n) is 10.3. The van der Waals surface area contributed by atoms with Crippen LogP contribution < -0.4 is 5.32 Å². The molecule has 0 saturated carbocycles. The summed E-state index contributed by atoms with van der Waals surface area (Å²) in [6.07, 6.45) is 1.97. The van der Waals surface area contributed by atoms with Crippen molar-refractivity contribution in [3.63, 3.8) is 0 Å². The van der Waals surface area contributed by atoms with Crippen molar-refractivity contribution in [2.45, 2.75) is 11.4 Å². The molecule has 17 heavy (non-hydrogen) atoms. The minimum atomic E-state index is -3.33. The molecule has 0 atom stereocenters. The van der Waals surface area contributed by atoms with Gasteiger partial charge < -0.3 is 5.32 Å². The van der Waals surface area contributed by atoms with E-state index in [2.05, 4.69) is 5.32 Å². The van der Waals surface area contributed by atoms with Crippen molar-refractivity contribution in [2.24, 2.45) is 0 Å². The molecule has 0 fully saturated rings. The summed E-state index contributed by atoms with van der Waals surface area (Å²) in [6.45, 7) is 1.13. The van der Waals surface area contributed by atoms with Crippen molar-refractivity contribution >= 4 is 33.1 Å². The summed E-state index contributed by atoms with van der Waals surface area (Å²) in [5.74, 6) is 0.807. The van der Waals surface area contributed by atoms with Gasteiger partial charge in [-0.3, -0.25) is 0 Å². The van der Waals surface area contributed by atoms with Crippen molar-refractivity contribution in [1.82, 2.24) is 9.62 Å². The number of hydrogen-bond acceptors (Lipinski definition) is 5. The van der Waals surface area contributed by atoms with Gasteiger partial charge >= 0.3 is 0 Å². The molecule has 7 heteroatoms. The van der Waals surface area contributed by atoms with E-state index in [-0.39, 0.29) is 0 Å². The van der Waals surface area contributed by atoms with Gasteiger partial charge in [0.25, 0.3) is 0 Å². The second-order valence-electron chi connectivity index (χ2n) is 3.56. The molecule has 0 unspecified atom stereocenters. The average Bonchev–Trinajstić information content (AvgIpc) is 2.75. The molecule has 0 saturated heterocycles. The highest BCUT2D eigenvalue weighted by Gasteiger charge is 2.24. The summed E-state index contributed by atoms with van der Waals surface area (Å²) in [4.78, 5) is 1.30. The lowest BCUT2D eigenvalue weighted by Crippen LogP contribution is -2.29. The highest BCUT2D eigenvalue weighted by molar-refractivity contribution is 7.98. The fourth-order valence-electron chi connectivity index (χ4n) is 1.36. The molecule has 98 valence electrons.